The largest absolute Gasteiger partial charge is 0.459 e. The minimum Gasteiger partial charge on any atom is -0.459 e. The monoisotopic (exact) mass is 235 g/mol. The van der Waals surface area contributed by atoms with E-state index in [0.717, 1.165) is 16.7 Å². The molecule has 4 nitrogen and oxygen atoms in total. The molecule has 0 fully saturated rings. The van der Waals surface area contributed by atoms with Crippen molar-refractivity contribution in [1.29, 1.82) is 0 Å². The number of benzene rings is 1. The lowest BCUT2D eigenvalue weighted by molar-refractivity contribution is 0.161. The van der Waals surface area contributed by atoms with E-state index in [4.69, 9.17) is 14.6 Å². The second-order valence-electron chi connectivity index (χ2n) is 4.14. The fourth-order valence-corrected chi connectivity index (χ4v) is 1.81. The number of furan rings is 1. The van der Waals surface area contributed by atoms with Gasteiger partial charge in [0.2, 0.25) is 0 Å². The summed E-state index contributed by atoms with van der Waals surface area (Å²) < 4.78 is 5.69. The molecule has 1 unspecified atom stereocenters. The van der Waals surface area contributed by atoms with Gasteiger partial charge in [-0.25, -0.2) is 0 Å². The third-order valence-electron chi connectivity index (χ3n) is 2.80. The highest BCUT2D eigenvalue weighted by Crippen LogP contribution is 2.23. The van der Waals surface area contributed by atoms with Gasteiger partial charge in [0.25, 0.3) is 0 Å². The highest BCUT2D eigenvalue weighted by atomic mass is 16.3. The summed E-state index contributed by atoms with van der Waals surface area (Å²) in [6.45, 7) is 1.75. The van der Waals surface area contributed by atoms with Crippen molar-refractivity contribution in [2.45, 2.75) is 19.0 Å². The van der Waals surface area contributed by atoms with Gasteiger partial charge >= 0.3 is 0 Å². The molecule has 2 aromatic rings. The molecule has 92 valence electrons. The SMILES string of the molecule is CC(NC(CO)CO)c1cc2ccccc2o1. The number of rotatable bonds is 5. The zero-order valence-corrected chi connectivity index (χ0v) is 9.76. The molecule has 4 heteroatoms. The lowest BCUT2D eigenvalue weighted by Gasteiger charge is -2.17. The van der Waals surface area contributed by atoms with Crippen LogP contribution in [0.5, 0.6) is 0 Å². The van der Waals surface area contributed by atoms with Crippen LogP contribution in [0.4, 0.5) is 0 Å². The first-order chi connectivity index (χ1) is 8.24. The Balaban J connectivity index is 2.15. The molecule has 0 spiro atoms. The van der Waals surface area contributed by atoms with Gasteiger partial charge in [0.1, 0.15) is 11.3 Å². The van der Waals surface area contributed by atoms with Crippen molar-refractivity contribution in [1.82, 2.24) is 5.32 Å². The van der Waals surface area contributed by atoms with Crippen molar-refractivity contribution in [2.75, 3.05) is 13.2 Å². The van der Waals surface area contributed by atoms with Gasteiger partial charge in [-0.2, -0.15) is 0 Å². The highest BCUT2D eigenvalue weighted by Gasteiger charge is 2.15. The van der Waals surface area contributed by atoms with Crippen molar-refractivity contribution in [2.24, 2.45) is 0 Å². The number of fused-ring (bicyclic) bond motifs is 1. The van der Waals surface area contributed by atoms with Gasteiger partial charge in [0, 0.05) is 5.39 Å². The smallest absolute Gasteiger partial charge is 0.134 e. The van der Waals surface area contributed by atoms with Gasteiger partial charge in [-0.05, 0) is 19.1 Å². The summed E-state index contributed by atoms with van der Waals surface area (Å²) in [6.07, 6.45) is 0. The molecule has 1 aromatic carbocycles. The van der Waals surface area contributed by atoms with Crippen LogP contribution in [0.1, 0.15) is 18.7 Å². The van der Waals surface area contributed by atoms with E-state index >= 15 is 0 Å². The molecule has 2 rings (SSSR count). The minimum atomic E-state index is -0.321. The van der Waals surface area contributed by atoms with Gasteiger partial charge in [-0.3, -0.25) is 0 Å². The quantitative estimate of drug-likeness (QED) is 0.733. The Labute approximate surface area is 99.9 Å². The summed E-state index contributed by atoms with van der Waals surface area (Å²) in [4.78, 5) is 0. The molecular weight excluding hydrogens is 218 g/mol. The zero-order chi connectivity index (χ0) is 12.3. The maximum atomic E-state index is 9.01. The van der Waals surface area contributed by atoms with E-state index in [1.165, 1.54) is 0 Å². The predicted octanol–water partition coefficient (Wildman–Crippen LogP) is 1.44. The van der Waals surface area contributed by atoms with Crippen molar-refractivity contribution in [3.05, 3.63) is 36.1 Å². The predicted molar refractivity (Wildman–Crippen MR) is 65.7 cm³/mol. The van der Waals surface area contributed by atoms with Crippen LogP contribution in [-0.4, -0.2) is 29.5 Å². The van der Waals surface area contributed by atoms with Crippen molar-refractivity contribution < 1.29 is 14.6 Å². The summed E-state index contributed by atoms with van der Waals surface area (Å²) in [5, 5.41) is 22.2. The molecule has 3 N–H and O–H groups in total. The van der Waals surface area contributed by atoms with Crippen molar-refractivity contribution in [3.63, 3.8) is 0 Å². The number of nitrogens with one attached hydrogen (secondary N) is 1. The molecule has 1 heterocycles. The van der Waals surface area contributed by atoms with E-state index in [-0.39, 0.29) is 25.3 Å². The summed E-state index contributed by atoms with van der Waals surface area (Å²) in [6, 6.07) is 9.40. The molecule has 0 saturated carbocycles. The van der Waals surface area contributed by atoms with E-state index in [1.54, 1.807) is 0 Å². The Morgan fingerprint density at radius 3 is 2.59 bits per heavy atom. The molecule has 0 radical (unpaired) electrons. The van der Waals surface area contributed by atoms with Gasteiger partial charge in [0.05, 0.1) is 25.3 Å². The van der Waals surface area contributed by atoms with Gasteiger partial charge in [-0.15, -0.1) is 0 Å². The van der Waals surface area contributed by atoms with E-state index in [9.17, 15) is 0 Å². The van der Waals surface area contributed by atoms with Crippen LogP contribution in [0, 0.1) is 0 Å². The minimum absolute atomic E-state index is 0.0494. The maximum Gasteiger partial charge on any atom is 0.134 e. The Kier molecular flexibility index (Phi) is 3.78. The molecule has 1 aromatic heterocycles. The van der Waals surface area contributed by atoms with Crippen LogP contribution < -0.4 is 5.32 Å². The van der Waals surface area contributed by atoms with Gasteiger partial charge in [0.15, 0.2) is 0 Å². The van der Waals surface area contributed by atoms with E-state index in [2.05, 4.69) is 5.32 Å². The van der Waals surface area contributed by atoms with Crippen LogP contribution >= 0.6 is 0 Å². The first-order valence-corrected chi connectivity index (χ1v) is 5.71. The molecule has 1 atom stereocenters. The van der Waals surface area contributed by atoms with Crippen LogP contribution in [0.2, 0.25) is 0 Å². The van der Waals surface area contributed by atoms with Gasteiger partial charge < -0.3 is 19.9 Å². The number of hydrogen-bond acceptors (Lipinski definition) is 4. The summed E-state index contributed by atoms with van der Waals surface area (Å²) in [5.74, 6) is 0.804. The average Bonchev–Trinajstić information content (AvgIpc) is 2.79. The summed E-state index contributed by atoms with van der Waals surface area (Å²) in [5.41, 5.74) is 0.848. The molecule has 0 aliphatic heterocycles. The van der Waals surface area contributed by atoms with Gasteiger partial charge in [-0.1, -0.05) is 18.2 Å². The number of hydrogen-bond donors (Lipinski definition) is 3. The standard InChI is InChI=1S/C13H17NO3/c1-9(14-11(7-15)8-16)13-6-10-4-2-3-5-12(10)17-13/h2-6,9,11,14-16H,7-8H2,1H3. The van der Waals surface area contributed by atoms with Crippen molar-refractivity contribution in [3.8, 4) is 0 Å². The Morgan fingerprint density at radius 1 is 1.24 bits per heavy atom. The third-order valence-corrected chi connectivity index (χ3v) is 2.80. The fraction of sp³-hybridized carbons (Fsp3) is 0.385. The Hall–Kier alpha value is -1.36. The molecule has 0 bridgehead atoms. The lowest BCUT2D eigenvalue weighted by Crippen LogP contribution is -2.37. The van der Waals surface area contributed by atoms with Crippen LogP contribution in [-0.2, 0) is 0 Å². The molecule has 0 aliphatic rings. The Morgan fingerprint density at radius 2 is 1.94 bits per heavy atom. The van der Waals surface area contributed by atoms with Crippen LogP contribution in [0.25, 0.3) is 11.0 Å². The van der Waals surface area contributed by atoms with Crippen molar-refractivity contribution >= 4 is 11.0 Å². The molecule has 17 heavy (non-hydrogen) atoms. The lowest BCUT2D eigenvalue weighted by atomic mass is 10.2. The number of aliphatic hydroxyl groups excluding tert-OH is 2. The molecular formula is C13H17NO3. The topological polar surface area (TPSA) is 65.6 Å². The summed E-state index contributed by atoms with van der Waals surface area (Å²) >= 11 is 0. The maximum absolute atomic E-state index is 9.01. The third kappa shape index (κ3) is 2.66. The molecule has 0 amide bonds. The van der Waals surface area contributed by atoms with E-state index < -0.39 is 0 Å². The van der Waals surface area contributed by atoms with Crippen LogP contribution in [0.15, 0.2) is 34.7 Å². The first kappa shape index (κ1) is 12.1. The molecule has 0 saturated heterocycles. The Bertz CT molecular complexity index is 443. The number of para-hydroxylation sites is 1. The zero-order valence-electron chi connectivity index (χ0n) is 9.76. The van der Waals surface area contributed by atoms with Crippen LogP contribution in [0.3, 0.4) is 0 Å². The first-order valence-electron chi connectivity index (χ1n) is 5.71. The van der Waals surface area contributed by atoms with E-state index in [1.807, 2.05) is 37.3 Å². The highest BCUT2D eigenvalue weighted by molar-refractivity contribution is 5.77. The average molecular weight is 235 g/mol. The second-order valence-corrected chi connectivity index (χ2v) is 4.14. The second kappa shape index (κ2) is 5.31. The fourth-order valence-electron chi connectivity index (χ4n) is 1.81. The van der Waals surface area contributed by atoms with E-state index in [0.29, 0.717) is 0 Å². The summed E-state index contributed by atoms with van der Waals surface area (Å²) in [7, 11) is 0. The normalized spacial score (nSPS) is 13.4. The number of aliphatic hydroxyl groups is 2. The molecule has 0 aliphatic carbocycles.